The molecule has 0 fully saturated rings. The third-order valence-electron chi connectivity index (χ3n) is 1.51. The molecule has 0 bridgehead atoms. The van der Waals surface area contributed by atoms with Crippen LogP contribution in [0.3, 0.4) is 0 Å². The second kappa shape index (κ2) is 3.36. The molecule has 1 aromatic rings. The van der Waals surface area contributed by atoms with E-state index in [0.29, 0.717) is 5.69 Å². The average Bonchev–Trinajstić information content (AvgIpc) is 2.51. The molecule has 66 valence electrons. The van der Waals surface area contributed by atoms with Gasteiger partial charge in [0.15, 0.2) is 0 Å². The predicted octanol–water partition coefficient (Wildman–Crippen LogP) is -0.625. The first-order chi connectivity index (χ1) is 6.88. The first-order valence-electron chi connectivity index (χ1n) is 4.74. The molecule has 0 saturated heterocycles. The molecule has 0 aliphatic heterocycles. The van der Waals surface area contributed by atoms with Crippen LogP contribution in [0.5, 0.6) is 0 Å². The second-order valence-corrected chi connectivity index (χ2v) is 2.42. The Hall–Kier alpha value is -1.36. The zero-order valence-corrected chi connectivity index (χ0v) is 6.56. The Kier molecular flexibility index (Phi) is 1.49. The Labute approximate surface area is 74.2 Å². The molecular weight excluding hydrogens is 158 g/mol. The molecule has 1 rings (SSSR count). The zero-order valence-electron chi connectivity index (χ0n) is 9.56. The van der Waals surface area contributed by atoms with E-state index in [2.05, 4.69) is 4.98 Å². The van der Waals surface area contributed by atoms with Gasteiger partial charge in [0.05, 0.1) is 7.70 Å². The van der Waals surface area contributed by atoms with E-state index in [1.807, 2.05) is 0 Å². The summed E-state index contributed by atoms with van der Waals surface area (Å²) in [4.78, 5) is 14.6. The number of rotatable bonds is 4. The van der Waals surface area contributed by atoms with Crippen molar-refractivity contribution in [2.45, 2.75) is 12.4 Å². The van der Waals surface area contributed by atoms with Crippen LogP contribution in [0.15, 0.2) is 12.5 Å². The van der Waals surface area contributed by atoms with E-state index in [0.717, 1.165) is 0 Å². The molecule has 1 heterocycles. The van der Waals surface area contributed by atoms with Crippen molar-refractivity contribution >= 4 is 5.97 Å². The molecule has 12 heavy (non-hydrogen) atoms. The summed E-state index contributed by atoms with van der Waals surface area (Å²) in [5, 5.41) is 8.79. The Morgan fingerprint density at radius 1 is 2.17 bits per heavy atom. The van der Waals surface area contributed by atoms with Crippen molar-refractivity contribution < 1.29 is 14.1 Å². The fraction of sp³-hybridized carbons (Fsp3) is 0.429. The molecule has 0 spiro atoms. The predicted molar refractivity (Wildman–Crippen MR) is 42.5 cm³/mol. The standard InChI is InChI=1S/C7H11N3O2/c1-10-4-9-3-5(10)2-6(8)7(11)12/h3-4,6H,2,8H2,1H3,(H,11,12)/t6-/m0/s1/i6D/hD2. The van der Waals surface area contributed by atoms with Gasteiger partial charge >= 0.3 is 5.97 Å². The first kappa shape index (κ1) is 5.31. The number of imidazole rings is 1. The summed E-state index contributed by atoms with van der Waals surface area (Å²) in [5.41, 5.74) is 0.361. The molecule has 0 aromatic carbocycles. The third kappa shape index (κ3) is 1.82. The first-order valence-corrected chi connectivity index (χ1v) is 3.34. The lowest BCUT2D eigenvalue weighted by molar-refractivity contribution is -0.138. The molecule has 0 aliphatic rings. The Morgan fingerprint density at radius 3 is 3.33 bits per heavy atom. The molecule has 0 saturated carbocycles. The highest BCUT2D eigenvalue weighted by Gasteiger charge is 2.13. The summed E-state index contributed by atoms with van der Waals surface area (Å²) in [6.07, 6.45) is 2.61. The van der Waals surface area contributed by atoms with Crippen molar-refractivity contribution in [1.82, 2.24) is 9.55 Å². The molecule has 0 unspecified atom stereocenters. The van der Waals surface area contributed by atoms with Gasteiger partial charge in [-0.3, -0.25) is 4.79 Å². The smallest absolute Gasteiger partial charge is 0.320 e. The maximum atomic E-state index is 10.8. The van der Waals surface area contributed by atoms with E-state index >= 15 is 0 Å². The molecule has 0 radical (unpaired) electrons. The minimum absolute atomic E-state index is 0.123. The van der Waals surface area contributed by atoms with Gasteiger partial charge in [-0.2, -0.15) is 0 Å². The minimum Gasteiger partial charge on any atom is -0.480 e. The lowest BCUT2D eigenvalue weighted by Crippen LogP contribution is -2.32. The number of aliphatic carboxylic acids is 1. The number of aromatic nitrogens is 2. The van der Waals surface area contributed by atoms with E-state index in [-0.39, 0.29) is 12.1 Å². The molecule has 0 aliphatic carbocycles. The van der Waals surface area contributed by atoms with Crippen LogP contribution < -0.4 is 5.72 Å². The van der Waals surface area contributed by atoms with Gasteiger partial charge in [-0.1, -0.05) is 0 Å². The lowest BCUT2D eigenvalue weighted by Gasteiger charge is -2.05. The summed E-state index contributed by atoms with van der Waals surface area (Å²) < 4.78 is 22.9. The largest absolute Gasteiger partial charge is 0.480 e. The summed E-state index contributed by atoms with van der Waals surface area (Å²) in [6.45, 7) is 0. The van der Waals surface area contributed by atoms with Gasteiger partial charge in [0, 0.05) is 25.4 Å². The van der Waals surface area contributed by atoms with Crippen LogP contribution in [-0.4, -0.2) is 26.6 Å². The third-order valence-corrected chi connectivity index (χ3v) is 1.51. The summed E-state index contributed by atoms with van der Waals surface area (Å²) >= 11 is 0. The van der Waals surface area contributed by atoms with Gasteiger partial charge < -0.3 is 15.4 Å². The highest BCUT2D eigenvalue weighted by Crippen LogP contribution is 1.99. The zero-order chi connectivity index (χ0) is 11.6. The minimum atomic E-state index is -2.31. The van der Waals surface area contributed by atoms with Crippen molar-refractivity contribution in [3.63, 3.8) is 0 Å². The lowest BCUT2D eigenvalue weighted by atomic mass is 10.2. The molecule has 5 nitrogen and oxygen atoms in total. The Morgan fingerprint density at radius 2 is 2.92 bits per heavy atom. The summed E-state index contributed by atoms with van der Waals surface area (Å²) in [6, 6.07) is -2.31. The number of carbonyl (C=O) groups is 1. The van der Waals surface area contributed by atoms with E-state index in [1.54, 1.807) is 11.6 Å². The van der Waals surface area contributed by atoms with Crippen LogP contribution in [0.2, 0.25) is 2.82 Å². The highest BCUT2D eigenvalue weighted by atomic mass is 16.4. The van der Waals surface area contributed by atoms with Crippen LogP contribution in [0.25, 0.3) is 0 Å². The maximum Gasteiger partial charge on any atom is 0.320 e. The number of carboxylic acids is 1. The van der Waals surface area contributed by atoms with Crippen molar-refractivity contribution in [2.75, 3.05) is 0 Å². The highest BCUT2D eigenvalue weighted by molar-refractivity contribution is 5.73. The van der Waals surface area contributed by atoms with Crippen molar-refractivity contribution in [2.24, 2.45) is 12.8 Å². The molecular formula is C7H11N3O2. The fourth-order valence-electron chi connectivity index (χ4n) is 0.802. The van der Waals surface area contributed by atoms with Gasteiger partial charge in [0.1, 0.15) is 8.84 Å². The number of aryl methyl sites for hydroxylation is 1. The van der Waals surface area contributed by atoms with E-state index in [9.17, 15) is 4.79 Å². The maximum absolute atomic E-state index is 10.8. The molecule has 5 heteroatoms. The number of carboxylic acid groups (broad SMARTS) is 1. The second-order valence-electron chi connectivity index (χ2n) is 2.42. The Balaban J connectivity index is 2.95. The average molecular weight is 172 g/mol. The number of nitrogens with zero attached hydrogens (tertiary/aromatic N) is 2. The summed E-state index contributed by atoms with van der Waals surface area (Å²) in [5.74, 6) is -1.53. The fourth-order valence-corrected chi connectivity index (χ4v) is 0.802. The number of hydrogen-bond acceptors (Lipinski definition) is 3. The van der Waals surface area contributed by atoms with Crippen molar-refractivity contribution in [1.29, 1.82) is 0 Å². The van der Waals surface area contributed by atoms with Crippen LogP contribution in [0.4, 0.5) is 0 Å². The van der Waals surface area contributed by atoms with E-state index < -0.39 is 12.0 Å². The van der Waals surface area contributed by atoms with Crippen LogP contribution >= 0.6 is 0 Å². The molecule has 1 atom stereocenters. The normalized spacial score (nSPS) is 19.3. The Bertz CT molecular complexity index is 368. The van der Waals surface area contributed by atoms with Crippen LogP contribution in [0.1, 0.15) is 7.06 Å². The SMILES string of the molecule is [2H]N([2H])[C@@]([2H])(Cc1cncn1C)C(=O)O. The van der Waals surface area contributed by atoms with E-state index in [1.165, 1.54) is 12.5 Å². The van der Waals surface area contributed by atoms with Crippen LogP contribution in [0, 0.1) is 0 Å². The van der Waals surface area contributed by atoms with Gasteiger partial charge in [0.2, 0.25) is 0 Å². The quantitative estimate of drug-likeness (QED) is 0.634. The molecule has 1 aromatic heterocycles. The monoisotopic (exact) mass is 172 g/mol. The number of hydrogen-bond donors (Lipinski definition) is 2. The number of nitrogens with two attached hydrogens (primary N) is 1. The molecule has 3 N–H and O–H groups in total. The summed E-state index contributed by atoms with van der Waals surface area (Å²) in [7, 11) is 1.66. The topological polar surface area (TPSA) is 81.1 Å². The van der Waals surface area contributed by atoms with Gasteiger partial charge in [0.25, 0.3) is 0 Å². The van der Waals surface area contributed by atoms with Crippen molar-refractivity contribution in [3.8, 4) is 0 Å². The molecule has 0 amide bonds. The van der Waals surface area contributed by atoms with Crippen molar-refractivity contribution in [3.05, 3.63) is 18.2 Å². The van der Waals surface area contributed by atoms with Gasteiger partial charge in [-0.15, -0.1) is 0 Å². The van der Waals surface area contributed by atoms with E-state index in [4.69, 9.17) is 9.30 Å². The van der Waals surface area contributed by atoms with Gasteiger partial charge in [-0.25, -0.2) is 4.98 Å². The van der Waals surface area contributed by atoms with Gasteiger partial charge in [-0.05, 0) is 0 Å². The van der Waals surface area contributed by atoms with Crippen LogP contribution in [-0.2, 0) is 18.3 Å².